The number of hydrogen-bond acceptors (Lipinski definition) is 8. The number of hydrogen-bond donors (Lipinski definition) is 0. The van der Waals surface area contributed by atoms with Gasteiger partial charge in [0.25, 0.3) is 10.0 Å². The van der Waals surface area contributed by atoms with Crippen molar-refractivity contribution in [2.24, 2.45) is 0 Å². The van der Waals surface area contributed by atoms with E-state index in [-0.39, 0.29) is 17.4 Å². The molecule has 9 nitrogen and oxygen atoms in total. The zero-order chi connectivity index (χ0) is 29.7. The van der Waals surface area contributed by atoms with E-state index in [4.69, 9.17) is 18.7 Å². The Bertz CT molecular complexity index is 1630. The lowest BCUT2D eigenvalue weighted by molar-refractivity contribution is 0.208. The molecule has 2 aromatic heterocycles. The van der Waals surface area contributed by atoms with Crippen molar-refractivity contribution in [3.63, 3.8) is 0 Å². The Morgan fingerprint density at radius 2 is 1.73 bits per heavy atom. The van der Waals surface area contributed by atoms with E-state index < -0.39 is 10.0 Å². The van der Waals surface area contributed by atoms with E-state index in [1.54, 1.807) is 33.1 Å². The van der Waals surface area contributed by atoms with Crippen LogP contribution in [0.4, 0.5) is 5.82 Å². The number of benzene rings is 2. The fraction of sp³-hybridized carbons (Fsp3) is 0.355. The number of ether oxygens (including phenoxy) is 3. The molecule has 4 rings (SSSR count). The van der Waals surface area contributed by atoms with Crippen LogP contribution in [-0.4, -0.2) is 39.5 Å². The fourth-order valence-corrected chi connectivity index (χ4v) is 6.39. The summed E-state index contributed by atoms with van der Waals surface area (Å²) in [6.45, 7) is 9.53. The van der Waals surface area contributed by atoms with Crippen LogP contribution >= 0.6 is 0 Å². The third kappa shape index (κ3) is 6.23. The molecule has 0 unspecified atom stereocenters. The van der Waals surface area contributed by atoms with Crippen LogP contribution in [-0.2, 0) is 27.8 Å². The topological polar surface area (TPSA) is 104 Å². The Balaban J connectivity index is 1.74. The van der Waals surface area contributed by atoms with Gasteiger partial charge in [-0.25, -0.2) is 12.7 Å². The number of aromatic nitrogens is 2. The molecule has 0 spiro atoms. The van der Waals surface area contributed by atoms with Gasteiger partial charge in [-0.2, -0.15) is 0 Å². The van der Waals surface area contributed by atoms with Crippen LogP contribution in [0, 0.1) is 27.7 Å². The number of sulfonamides is 1. The molecule has 0 N–H and O–H groups in total. The number of methoxy groups -OCH3 is 2. The van der Waals surface area contributed by atoms with Gasteiger partial charge in [0.05, 0.1) is 17.7 Å². The predicted octanol–water partition coefficient (Wildman–Crippen LogP) is 6.31. The van der Waals surface area contributed by atoms with Gasteiger partial charge in [0.1, 0.15) is 19.1 Å². The van der Waals surface area contributed by atoms with Crippen LogP contribution in [0.3, 0.4) is 0 Å². The quantitative estimate of drug-likeness (QED) is 0.180. The second-order valence-corrected chi connectivity index (χ2v) is 11.7. The normalized spacial score (nSPS) is 11.5. The maximum atomic E-state index is 14.1. The molecule has 10 heteroatoms. The molecule has 2 heterocycles. The minimum atomic E-state index is -4.07. The average Bonchev–Trinajstić information content (AvgIpc) is 3.27. The van der Waals surface area contributed by atoms with Crippen LogP contribution in [0.5, 0.6) is 11.5 Å². The van der Waals surface area contributed by atoms with Crippen molar-refractivity contribution in [2.45, 2.75) is 59.0 Å². The molecule has 0 radical (unpaired) electrons. The molecule has 0 fully saturated rings. The molecule has 218 valence electrons. The summed E-state index contributed by atoms with van der Waals surface area (Å²) < 4.78 is 51.6. The SMILES string of the molecule is CCCc1cc(COc2cc(C)nc(C)c2OC)ccc1-c1ccccc1S(=O)(=O)N(COC)c1noc(C)c1C. The molecule has 4 aromatic rings. The highest BCUT2D eigenvalue weighted by Gasteiger charge is 2.32. The monoisotopic (exact) mass is 579 g/mol. The highest BCUT2D eigenvalue weighted by Crippen LogP contribution is 2.36. The number of anilines is 1. The first-order valence-corrected chi connectivity index (χ1v) is 14.9. The molecule has 0 bridgehead atoms. The summed E-state index contributed by atoms with van der Waals surface area (Å²) in [5, 5.41) is 4.02. The van der Waals surface area contributed by atoms with Crippen LogP contribution in [0.1, 0.15) is 47.2 Å². The largest absolute Gasteiger partial charge is 0.491 e. The molecular weight excluding hydrogens is 542 g/mol. The van der Waals surface area contributed by atoms with Gasteiger partial charge in [0.2, 0.25) is 0 Å². The second kappa shape index (κ2) is 12.7. The predicted molar refractivity (Wildman–Crippen MR) is 158 cm³/mol. The molecule has 0 amide bonds. The summed E-state index contributed by atoms with van der Waals surface area (Å²) in [6, 6.07) is 14.9. The Hall–Kier alpha value is -3.89. The lowest BCUT2D eigenvalue weighted by atomic mass is 9.95. The Kier molecular flexibility index (Phi) is 9.35. The first-order chi connectivity index (χ1) is 19.6. The number of pyridine rings is 1. The zero-order valence-corrected chi connectivity index (χ0v) is 25.5. The van der Waals surface area contributed by atoms with Crippen molar-refractivity contribution in [3.8, 4) is 22.6 Å². The van der Waals surface area contributed by atoms with Crippen LogP contribution < -0.4 is 13.8 Å². The molecule has 0 saturated carbocycles. The standard InChI is InChI=1S/C31H37N3O6S/c1-8-11-25-17-24(18-39-28-16-20(2)32-22(4)30(28)38-7)14-15-26(25)27-12-9-10-13-29(27)41(35,36)34(19-37-6)31-21(3)23(5)40-33-31/h9-10,12-17H,8,11,18-19H2,1-7H3. The summed E-state index contributed by atoms with van der Waals surface area (Å²) >= 11 is 0. The lowest BCUT2D eigenvalue weighted by Crippen LogP contribution is -2.34. The van der Waals surface area contributed by atoms with Gasteiger partial charge in [-0.05, 0) is 56.9 Å². The molecule has 2 aromatic carbocycles. The molecular formula is C31H37N3O6S. The Morgan fingerprint density at radius 3 is 2.39 bits per heavy atom. The van der Waals surface area contributed by atoms with E-state index >= 15 is 0 Å². The molecule has 0 aliphatic carbocycles. The van der Waals surface area contributed by atoms with Crippen molar-refractivity contribution in [2.75, 3.05) is 25.3 Å². The fourth-order valence-electron chi connectivity index (χ4n) is 4.81. The van der Waals surface area contributed by atoms with E-state index in [0.29, 0.717) is 35.0 Å². The summed E-state index contributed by atoms with van der Waals surface area (Å²) in [6.07, 6.45) is 1.65. The molecule has 0 atom stereocenters. The summed E-state index contributed by atoms with van der Waals surface area (Å²) in [5.74, 6) is 1.99. The van der Waals surface area contributed by atoms with Crippen molar-refractivity contribution in [3.05, 3.63) is 82.4 Å². The third-order valence-electron chi connectivity index (χ3n) is 6.88. The van der Waals surface area contributed by atoms with Gasteiger partial charge in [0.15, 0.2) is 17.3 Å². The lowest BCUT2D eigenvalue weighted by Gasteiger charge is -2.23. The molecule has 0 aliphatic rings. The average molecular weight is 580 g/mol. The van der Waals surface area contributed by atoms with Gasteiger partial charge in [-0.15, -0.1) is 0 Å². The number of rotatable bonds is 12. The van der Waals surface area contributed by atoms with E-state index in [1.807, 2.05) is 44.2 Å². The van der Waals surface area contributed by atoms with Gasteiger partial charge >= 0.3 is 0 Å². The van der Waals surface area contributed by atoms with Gasteiger partial charge in [0, 0.05) is 30.0 Å². The maximum Gasteiger partial charge on any atom is 0.268 e. The van der Waals surface area contributed by atoms with Crippen molar-refractivity contribution >= 4 is 15.8 Å². The first-order valence-electron chi connectivity index (χ1n) is 13.4. The maximum absolute atomic E-state index is 14.1. The highest BCUT2D eigenvalue weighted by atomic mass is 32.2. The van der Waals surface area contributed by atoms with Crippen molar-refractivity contribution in [1.82, 2.24) is 10.1 Å². The zero-order valence-electron chi connectivity index (χ0n) is 24.6. The highest BCUT2D eigenvalue weighted by molar-refractivity contribution is 7.93. The first kappa shape index (κ1) is 30.1. The third-order valence-corrected chi connectivity index (χ3v) is 8.65. The van der Waals surface area contributed by atoms with Crippen molar-refractivity contribution < 1.29 is 27.2 Å². The van der Waals surface area contributed by atoms with E-state index in [2.05, 4.69) is 23.1 Å². The molecule has 0 saturated heterocycles. The van der Waals surface area contributed by atoms with Crippen LogP contribution in [0.25, 0.3) is 11.1 Å². The Morgan fingerprint density at radius 1 is 0.976 bits per heavy atom. The van der Waals surface area contributed by atoms with Gasteiger partial charge < -0.3 is 18.7 Å². The minimum Gasteiger partial charge on any atom is -0.491 e. The minimum absolute atomic E-state index is 0.158. The van der Waals surface area contributed by atoms with E-state index in [0.717, 1.165) is 45.2 Å². The van der Waals surface area contributed by atoms with Gasteiger partial charge in [-0.3, -0.25) is 4.98 Å². The van der Waals surface area contributed by atoms with Crippen LogP contribution in [0.15, 0.2) is 57.9 Å². The molecule has 0 aliphatic heterocycles. The van der Waals surface area contributed by atoms with E-state index in [1.165, 1.54) is 7.11 Å². The number of aryl methyl sites for hydroxylation is 4. The summed E-state index contributed by atoms with van der Waals surface area (Å²) in [5.41, 5.74) is 5.67. The van der Waals surface area contributed by atoms with Crippen LogP contribution in [0.2, 0.25) is 0 Å². The summed E-state index contributed by atoms with van der Waals surface area (Å²) in [7, 11) is -1.02. The summed E-state index contributed by atoms with van der Waals surface area (Å²) in [4.78, 5) is 4.60. The number of nitrogens with zero attached hydrogens (tertiary/aromatic N) is 3. The Labute approximate surface area is 242 Å². The van der Waals surface area contributed by atoms with Gasteiger partial charge in [-0.1, -0.05) is 54.9 Å². The van der Waals surface area contributed by atoms with E-state index in [9.17, 15) is 8.42 Å². The van der Waals surface area contributed by atoms with Crippen molar-refractivity contribution in [1.29, 1.82) is 0 Å². The second-order valence-electron chi connectivity index (χ2n) is 9.87. The molecule has 41 heavy (non-hydrogen) atoms. The smallest absolute Gasteiger partial charge is 0.268 e.